The van der Waals surface area contributed by atoms with Gasteiger partial charge in [-0.1, -0.05) is 5.21 Å². The molecular formula is C17H25N7O. The van der Waals surface area contributed by atoms with Gasteiger partial charge in [-0.25, -0.2) is 4.79 Å². The monoisotopic (exact) mass is 343 g/mol. The molecule has 1 N–H and O–H groups in total. The highest BCUT2D eigenvalue weighted by molar-refractivity contribution is 5.74. The first kappa shape index (κ1) is 16.1. The number of rotatable bonds is 2. The Morgan fingerprint density at radius 3 is 2.76 bits per heavy atom. The Balaban J connectivity index is 1.29. The summed E-state index contributed by atoms with van der Waals surface area (Å²) in [6.07, 6.45) is 6.58. The molecule has 1 unspecified atom stereocenters. The fourth-order valence-corrected chi connectivity index (χ4v) is 3.95. The van der Waals surface area contributed by atoms with Crippen LogP contribution in [-0.2, 0) is 26.9 Å². The molecule has 0 aromatic carbocycles. The van der Waals surface area contributed by atoms with E-state index >= 15 is 0 Å². The molecule has 2 amide bonds. The van der Waals surface area contributed by atoms with E-state index in [1.807, 2.05) is 34.6 Å². The summed E-state index contributed by atoms with van der Waals surface area (Å²) in [5.41, 5.74) is 3.36. The fourth-order valence-electron chi connectivity index (χ4n) is 3.95. The zero-order valence-corrected chi connectivity index (χ0v) is 14.9. The lowest BCUT2D eigenvalue weighted by Gasteiger charge is -2.33. The molecule has 0 radical (unpaired) electrons. The van der Waals surface area contributed by atoms with E-state index in [-0.39, 0.29) is 12.1 Å². The van der Waals surface area contributed by atoms with Crippen molar-refractivity contribution in [3.8, 4) is 0 Å². The zero-order valence-electron chi connectivity index (χ0n) is 14.9. The summed E-state index contributed by atoms with van der Waals surface area (Å²) < 4.78 is 3.69. The molecule has 2 aromatic heterocycles. The molecule has 1 atom stereocenters. The Hall–Kier alpha value is -2.38. The van der Waals surface area contributed by atoms with Gasteiger partial charge in [0.2, 0.25) is 0 Å². The van der Waals surface area contributed by atoms with Gasteiger partial charge in [0.05, 0.1) is 17.1 Å². The summed E-state index contributed by atoms with van der Waals surface area (Å²) in [5.74, 6) is 0.460. The highest BCUT2D eigenvalue weighted by Crippen LogP contribution is 2.27. The average Bonchev–Trinajstić information content (AvgIpc) is 3.21. The number of amides is 2. The predicted octanol–water partition coefficient (Wildman–Crippen LogP) is 0.995. The van der Waals surface area contributed by atoms with Crippen molar-refractivity contribution in [2.24, 2.45) is 14.1 Å². The van der Waals surface area contributed by atoms with Crippen molar-refractivity contribution in [3.05, 3.63) is 29.3 Å². The fraction of sp³-hybridized carbons (Fsp3) is 0.647. The number of nitrogens with one attached hydrogen (secondary N) is 1. The van der Waals surface area contributed by atoms with Crippen molar-refractivity contribution in [2.75, 3.05) is 13.1 Å². The minimum atomic E-state index is 0.0526. The number of carbonyl (C=O) groups is 1. The van der Waals surface area contributed by atoms with Crippen molar-refractivity contribution >= 4 is 6.03 Å². The van der Waals surface area contributed by atoms with Crippen molar-refractivity contribution in [2.45, 2.75) is 44.1 Å². The van der Waals surface area contributed by atoms with Crippen LogP contribution in [0.25, 0.3) is 0 Å². The molecule has 1 fully saturated rings. The lowest BCUT2D eigenvalue weighted by atomic mass is 9.93. The molecule has 0 bridgehead atoms. The lowest BCUT2D eigenvalue weighted by Crippen LogP contribution is -2.49. The van der Waals surface area contributed by atoms with E-state index in [0.717, 1.165) is 56.6 Å². The van der Waals surface area contributed by atoms with E-state index in [1.165, 1.54) is 5.69 Å². The Bertz CT molecular complexity index is 757. The van der Waals surface area contributed by atoms with Gasteiger partial charge < -0.3 is 10.2 Å². The maximum absolute atomic E-state index is 12.6. The number of piperidine rings is 1. The number of aryl methyl sites for hydroxylation is 2. The van der Waals surface area contributed by atoms with E-state index < -0.39 is 0 Å². The number of aromatic nitrogens is 5. The molecule has 1 saturated heterocycles. The van der Waals surface area contributed by atoms with Gasteiger partial charge in [-0.3, -0.25) is 9.36 Å². The van der Waals surface area contributed by atoms with Crippen molar-refractivity contribution in [3.63, 3.8) is 0 Å². The molecule has 3 heterocycles. The topological polar surface area (TPSA) is 80.9 Å². The molecular weight excluding hydrogens is 318 g/mol. The molecule has 134 valence electrons. The van der Waals surface area contributed by atoms with Gasteiger partial charge in [0.1, 0.15) is 0 Å². The van der Waals surface area contributed by atoms with Gasteiger partial charge in [0, 0.05) is 51.8 Å². The molecule has 2 aliphatic rings. The first-order valence-electron chi connectivity index (χ1n) is 9.02. The molecule has 8 nitrogen and oxygen atoms in total. The zero-order chi connectivity index (χ0) is 17.4. The maximum atomic E-state index is 12.6. The first-order chi connectivity index (χ1) is 12.1. The Morgan fingerprint density at radius 2 is 2.04 bits per heavy atom. The van der Waals surface area contributed by atoms with Gasteiger partial charge in [-0.15, -0.1) is 5.10 Å². The lowest BCUT2D eigenvalue weighted by molar-refractivity contribution is 0.176. The highest BCUT2D eigenvalue weighted by Gasteiger charge is 2.28. The summed E-state index contributed by atoms with van der Waals surface area (Å²) in [6.45, 7) is 1.58. The van der Waals surface area contributed by atoms with Crippen molar-refractivity contribution in [1.29, 1.82) is 0 Å². The second-order valence-electron chi connectivity index (χ2n) is 7.17. The number of nitrogens with zero attached hydrogens (tertiary/aromatic N) is 6. The number of hydrogen-bond donors (Lipinski definition) is 1. The summed E-state index contributed by atoms with van der Waals surface area (Å²) in [5, 5.41) is 16.0. The quantitative estimate of drug-likeness (QED) is 0.882. The normalized spacial score (nSPS) is 21.2. The number of carbonyl (C=O) groups excluding carboxylic acids is 1. The maximum Gasteiger partial charge on any atom is 0.317 e. The summed E-state index contributed by atoms with van der Waals surface area (Å²) in [7, 11) is 3.87. The van der Waals surface area contributed by atoms with Gasteiger partial charge >= 0.3 is 6.03 Å². The van der Waals surface area contributed by atoms with E-state index in [0.29, 0.717) is 5.92 Å². The van der Waals surface area contributed by atoms with Crippen LogP contribution in [0, 0.1) is 0 Å². The van der Waals surface area contributed by atoms with Gasteiger partial charge in [-0.05, 0) is 31.7 Å². The predicted molar refractivity (Wildman–Crippen MR) is 92.1 cm³/mol. The standard InChI is InChI=1S/C17H25N7O/c1-22-8-7-14(20-22)12-5-9-24(10-6-12)17(25)18-13-3-4-16-15(11-13)19-21-23(16)2/h7-8,12-13H,3-6,9-11H2,1-2H3,(H,18,25). The molecule has 0 spiro atoms. The first-order valence-corrected chi connectivity index (χ1v) is 9.02. The minimum absolute atomic E-state index is 0.0526. The van der Waals surface area contributed by atoms with Crippen LogP contribution < -0.4 is 5.32 Å². The minimum Gasteiger partial charge on any atom is -0.335 e. The van der Waals surface area contributed by atoms with Gasteiger partial charge in [-0.2, -0.15) is 5.10 Å². The Kier molecular flexibility index (Phi) is 4.19. The number of likely N-dealkylation sites (tertiary alicyclic amines) is 1. The Morgan fingerprint density at radius 1 is 1.24 bits per heavy atom. The Labute approximate surface area is 147 Å². The third kappa shape index (κ3) is 3.25. The molecule has 4 rings (SSSR count). The van der Waals surface area contributed by atoms with Crippen LogP contribution >= 0.6 is 0 Å². The molecule has 1 aliphatic carbocycles. The molecule has 1 aliphatic heterocycles. The summed E-state index contributed by atoms with van der Waals surface area (Å²) in [4.78, 5) is 14.5. The van der Waals surface area contributed by atoms with E-state index in [4.69, 9.17) is 0 Å². The van der Waals surface area contributed by atoms with E-state index in [2.05, 4.69) is 26.8 Å². The number of urea groups is 1. The van der Waals surface area contributed by atoms with Crippen LogP contribution in [0.5, 0.6) is 0 Å². The molecule has 0 saturated carbocycles. The molecule has 2 aromatic rings. The summed E-state index contributed by atoms with van der Waals surface area (Å²) in [6, 6.07) is 2.29. The highest BCUT2D eigenvalue weighted by atomic mass is 16.2. The van der Waals surface area contributed by atoms with Crippen LogP contribution in [-0.4, -0.2) is 54.8 Å². The third-order valence-corrected chi connectivity index (χ3v) is 5.45. The second kappa shape index (κ2) is 6.50. The van der Waals surface area contributed by atoms with Crippen LogP contribution in [0.3, 0.4) is 0 Å². The van der Waals surface area contributed by atoms with Crippen molar-refractivity contribution < 1.29 is 4.79 Å². The molecule has 25 heavy (non-hydrogen) atoms. The smallest absolute Gasteiger partial charge is 0.317 e. The van der Waals surface area contributed by atoms with Gasteiger partial charge in [0.25, 0.3) is 0 Å². The van der Waals surface area contributed by atoms with E-state index in [1.54, 1.807) is 0 Å². The second-order valence-corrected chi connectivity index (χ2v) is 7.17. The average molecular weight is 343 g/mol. The van der Waals surface area contributed by atoms with Crippen LogP contribution in [0.15, 0.2) is 12.3 Å². The van der Waals surface area contributed by atoms with Crippen molar-refractivity contribution in [1.82, 2.24) is 35.0 Å². The summed E-state index contributed by atoms with van der Waals surface area (Å²) >= 11 is 0. The van der Waals surface area contributed by atoms with Crippen LogP contribution in [0.4, 0.5) is 4.79 Å². The van der Waals surface area contributed by atoms with Crippen LogP contribution in [0.2, 0.25) is 0 Å². The largest absolute Gasteiger partial charge is 0.335 e. The number of hydrogen-bond acceptors (Lipinski definition) is 4. The SMILES string of the molecule is Cn1ccc(C2CCN(C(=O)NC3CCc4c(nnn4C)C3)CC2)n1. The van der Waals surface area contributed by atoms with E-state index in [9.17, 15) is 4.79 Å². The van der Waals surface area contributed by atoms with Crippen LogP contribution in [0.1, 0.15) is 42.3 Å². The number of fused-ring (bicyclic) bond motifs is 1. The molecule has 8 heteroatoms. The third-order valence-electron chi connectivity index (χ3n) is 5.45. The van der Waals surface area contributed by atoms with Gasteiger partial charge in [0.15, 0.2) is 0 Å².